The molecule has 2 heterocycles. The van der Waals surface area contributed by atoms with Crippen LogP contribution >= 0.6 is 0 Å². The van der Waals surface area contributed by atoms with Gasteiger partial charge in [0, 0.05) is 19.0 Å². The third-order valence-electron chi connectivity index (χ3n) is 8.34. The molecular formula is C37H61F2N3O9. The summed E-state index contributed by atoms with van der Waals surface area (Å²) in [5.41, 5.74) is -3.20. The Bertz CT molecular complexity index is 1260. The Morgan fingerprint density at radius 3 is 1.92 bits per heavy atom. The Morgan fingerprint density at radius 2 is 1.47 bits per heavy atom. The van der Waals surface area contributed by atoms with Crippen LogP contribution in [0.15, 0.2) is 17.1 Å². The molecular weight excluding hydrogens is 668 g/mol. The molecule has 0 saturated carbocycles. The lowest BCUT2D eigenvalue weighted by atomic mass is 9.92. The van der Waals surface area contributed by atoms with Crippen LogP contribution in [0.3, 0.4) is 0 Å². The molecule has 1 N–H and O–H groups in total. The van der Waals surface area contributed by atoms with Gasteiger partial charge in [0.2, 0.25) is 0 Å². The zero-order valence-electron chi connectivity index (χ0n) is 31.7. The number of aliphatic hydroxyl groups is 1. The Morgan fingerprint density at radius 1 is 0.941 bits per heavy atom. The predicted molar refractivity (Wildman–Crippen MR) is 189 cm³/mol. The van der Waals surface area contributed by atoms with E-state index in [-0.39, 0.29) is 13.0 Å². The van der Waals surface area contributed by atoms with Crippen molar-refractivity contribution in [2.45, 2.75) is 168 Å². The summed E-state index contributed by atoms with van der Waals surface area (Å²) in [6.07, 6.45) is 8.47. The highest BCUT2D eigenvalue weighted by atomic mass is 19.3. The SMILES string of the molecule is CCCCCCCCCCCCCC(n1ccc(N(C(=O)OC(C)(C)C)C(=O)OC(C)(C)C)nc1=O)C(F)(F)CC(CO)C(=O)OC1CCOC1. The van der Waals surface area contributed by atoms with Gasteiger partial charge in [-0.2, -0.15) is 9.88 Å². The highest BCUT2D eigenvalue weighted by Gasteiger charge is 2.45. The van der Waals surface area contributed by atoms with E-state index in [4.69, 9.17) is 18.9 Å². The van der Waals surface area contributed by atoms with E-state index in [0.717, 1.165) is 42.5 Å². The molecule has 12 nitrogen and oxygen atoms in total. The first-order valence-corrected chi connectivity index (χ1v) is 18.5. The number of amides is 2. The molecule has 51 heavy (non-hydrogen) atoms. The maximum absolute atomic E-state index is 16.3. The summed E-state index contributed by atoms with van der Waals surface area (Å²) >= 11 is 0. The molecule has 0 bridgehead atoms. The van der Waals surface area contributed by atoms with Crippen molar-refractivity contribution in [1.29, 1.82) is 0 Å². The molecule has 0 radical (unpaired) electrons. The lowest BCUT2D eigenvalue weighted by Crippen LogP contribution is -2.46. The van der Waals surface area contributed by atoms with Gasteiger partial charge < -0.3 is 24.1 Å². The molecule has 1 fully saturated rings. The van der Waals surface area contributed by atoms with Crippen molar-refractivity contribution >= 4 is 24.0 Å². The van der Waals surface area contributed by atoms with Crippen LogP contribution in [0.5, 0.6) is 0 Å². The largest absolute Gasteiger partial charge is 0.460 e. The third kappa shape index (κ3) is 16.0. The Balaban J connectivity index is 2.32. The van der Waals surface area contributed by atoms with Gasteiger partial charge in [-0.3, -0.25) is 9.36 Å². The van der Waals surface area contributed by atoms with Gasteiger partial charge in [0.1, 0.15) is 23.3 Å². The van der Waals surface area contributed by atoms with Gasteiger partial charge in [0.25, 0.3) is 5.92 Å². The molecule has 0 aromatic carbocycles. The molecule has 292 valence electrons. The summed E-state index contributed by atoms with van der Waals surface area (Å²) in [4.78, 5) is 56.8. The number of aromatic nitrogens is 2. The number of anilines is 1. The molecule has 2 amide bonds. The van der Waals surface area contributed by atoms with Gasteiger partial charge in [-0.05, 0) is 54.0 Å². The molecule has 0 spiro atoms. The maximum atomic E-state index is 16.3. The standard InChI is InChI=1S/C37H61F2N3O9/c1-8-9-10-11-12-13-14-15-16-17-18-19-29(37(38,39)24-27(25-43)31(44)49-28-21-23-48-26-28)41-22-20-30(40-32(41)45)42(33(46)50-35(2,3)4)34(47)51-36(5,6)7/h20,22,27-29,43H,8-19,21,23-26H2,1-7H3. The number of esters is 1. The minimum Gasteiger partial charge on any atom is -0.460 e. The van der Waals surface area contributed by atoms with E-state index in [1.165, 1.54) is 32.1 Å². The number of alkyl halides is 2. The number of nitrogens with zero attached hydrogens (tertiary/aromatic N) is 3. The van der Waals surface area contributed by atoms with E-state index in [1.54, 1.807) is 41.5 Å². The number of carbonyl (C=O) groups is 3. The average Bonchev–Trinajstić information content (AvgIpc) is 3.52. The average molecular weight is 730 g/mol. The number of rotatable bonds is 20. The van der Waals surface area contributed by atoms with Crippen LogP contribution in [0.25, 0.3) is 0 Å². The molecule has 1 aromatic heterocycles. The topological polar surface area (TPSA) is 146 Å². The second-order valence-corrected chi connectivity index (χ2v) is 15.4. The van der Waals surface area contributed by atoms with Crippen molar-refractivity contribution in [3.05, 3.63) is 22.7 Å². The quantitative estimate of drug-likeness (QED) is 0.0793. The lowest BCUT2D eigenvalue weighted by molar-refractivity contribution is -0.161. The molecule has 3 unspecified atom stereocenters. The second-order valence-electron chi connectivity index (χ2n) is 15.4. The first-order valence-electron chi connectivity index (χ1n) is 18.5. The number of hydrogen-bond acceptors (Lipinski definition) is 10. The minimum atomic E-state index is -3.67. The Kier molecular flexibility index (Phi) is 18.0. The fourth-order valence-corrected chi connectivity index (χ4v) is 5.75. The number of hydrogen-bond donors (Lipinski definition) is 1. The van der Waals surface area contributed by atoms with E-state index in [2.05, 4.69) is 11.9 Å². The molecule has 1 aromatic rings. The van der Waals surface area contributed by atoms with Crippen LogP contribution < -0.4 is 10.6 Å². The van der Waals surface area contributed by atoms with Gasteiger partial charge in [-0.25, -0.2) is 23.2 Å². The number of carbonyl (C=O) groups excluding carboxylic acids is 3. The van der Waals surface area contributed by atoms with Crippen molar-refractivity contribution < 1.29 is 47.2 Å². The Labute approximate surface area is 301 Å². The first-order chi connectivity index (χ1) is 23.9. The van der Waals surface area contributed by atoms with E-state index in [9.17, 15) is 24.3 Å². The van der Waals surface area contributed by atoms with Crippen LogP contribution in [-0.2, 0) is 23.7 Å². The number of aliphatic hydroxyl groups excluding tert-OH is 1. The summed E-state index contributed by atoms with van der Waals surface area (Å²) in [6.45, 7) is 11.3. The first kappa shape index (κ1) is 44.0. The zero-order valence-corrected chi connectivity index (χ0v) is 31.7. The van der Waals surface area contributed by atoms with Crippen molar-refractivity contribution in [3.63, 3.8) is 0 Å². The molecule has 2 rings (SSSR count). The lowest BCUT2D eigenvalue weighted by Gasteiger charge is -2.31. The van der Waals surface area contributed by atoms with E-state index in [0.29, 0.717) is 30.8 Å². The second kappa shape index (κ2) is 20.8. The molecule has 1 aliphatic heterocycles. The highest BCUT2D eigenvalue weighted by Crippen LogP contribution is 2.38. The van der Waals surface area contributed by atoms with Gasteiger partial charge in [0.15, 0.2) is 5.82 Å². The van der Waals surface area contributed by atoms with Crippen LogP contribution in [0.2, 0.25) is 0 Å². The summed E-state index contributed by atoms with van der Waals surface area (Å²) < 4.78 is 54.5. The van der Waals surface area contributed by atoms with Crippen molar-refractivity contribution in [3.8, 4) is 0 Å². The van der Waals surface area contributed by atoms with Crippen LogP contribution in [0.4, 0.5) is 24.2 Å². The van der Waals surface area contributed by atoms with Crippen molar-refractivity contribution in [1.82, 2.24) is 9.55 Å². The Hall–Kier alpha value is -3.13. The zero-order chi connectivity index (χ0) is 38.2. The summed E-state index contributed by atoms with van der Waals surface area (Å²) in [5, 5.41) is 9.94. The molecule has 1 aliphatic rings. The van der Waals surface area contributed by atoms with Gasteiger partial charge in [0.05, 0.1) is 25.7 Å². The van der Waals surface area contributed by atoms with E-state index in [1.807, 2.05) is 0 Å². The fourth-order valence-electron chi connectivity index (χ4n) is 5.75. The minimum absolute atomic E-state index is 0.129. The normalized spacial score (nSPS) is 16.4. The monoisotopic (exact) mass is 729 g/mol. The number of unbranched alkanes of at least 4 members (excludes halogenated alkanes) is 10. The van der Waals surface area contributed by atoms with Crippen molar-refractivity contribution in [2.75, 3.05) is 24.7 Å². The van der Waals surface area contributed by atoms with Gasteiger partial charge in [-0.15, -0.1) is 0 Å². The van der Waals surface area contributed by atoms with Crippen LogP contribution in [0, 0.1) is 5.92 Å². The van der Waals surface area contributed by atoms with E-state index >= 15 is 8.78 Å². The number of ether oxygens (including phenoxy) is 4. The number of imide groups is 1. The summed E-state index contributed by atoms with van der Waals surface area (Å²) in [7, 11) is 0. The third-order valence-corrected chi connectivity index (χ3v) is 8.34. The molecule has 14 heteroatoms. The smallest absolute Gasteiger partial charge is 0.425 e. The van der Waals surface area contributed by atoms with Gasteiger partial charge in [-0.1, -0.05) is 77.6 Å². The van der Waals surface area contributed by atoms with Crippen LogP contribution in [0.1, 0.15) is 144 Å². The molecule has 1 saturated heterocycles. The summed E-state index contributed by atoms with van der Waals surface area (Å²) in [5.74, 6) is -6.64. The highest BCUT2D eigenvalue weighted by molar-refractivity contribution is 6.08. The summed E-state index contributed by atoms with van der Waals surface area (Å²) in [6, 6.07) is -0.658. The van der Waals surface area contributed by atoms with Crippen LogP contribution in [-0.4, -0.2) is 75.9 Å². The van der Waals surface area contributed by atoms with Crippen molar-refractivity contribution in [2.24, 2.45) is 5.92 Å². The van der Waals surface area contributed by atoms with E-state index < -0.39 is 77.9 Å². The maximum Gasteiger partial charge on any atom is 0.425 e. The molecule has 3 atom stereocenters. The number of halogens is 2. The fraction of sp³-hybridized carbons (Fsp3) is 0.811. The predicted octanol–water partition coefficient (Wildman–Crippen LogP) is 8.13. The van der Waals surface area contributed by atoms with Gasteiger partial charge >= 0.3 is 23.8 Å². The molecule has 0 aliphatic carbocycles.